The van der Waals surface area contributed by atoms with E-state index in [1.807, 2.05) is 26.8 Å². The van der Waals surface area contributed by atoms with E-state index in [9.17, 15) is 4.79 Å². The molecule has 0 spiro atoms. The van der Waals surface area contributed by atoms with E-state index in [1.165, 1.54) is 12.0 Å². The molecule has 2 aliphatic rings. The van der Waals surface area contributed by atoms with Crippen molar-refractivity contribution in [2.75, 3.05) is 32.7 Å². The molecule has 1 saturated carbocycles. The van der Waals surface area contributed by atoms with Crippen LogP contribution in [0.3, 0.4) is 0 Å². The van der Waals surface area contributed by atoms with E-state index in [4.69, 9.17) is 10.5 Å². The van der Waals surface area contributed by atoms with E-state index >= 15 is 0 Å². The summed E-state index contributed by atoms with van der Waals surface area (Å²) >= 11 is 0. The van der Waals surface area contributed by atoms with Crippen LogP contribution in [0, 0.1) is 5.92 Å². The molecule has 2 fully saturated rings. The molecule has 6 nitrogen and oxygen atoms in total. The molecular formula is C20H31IN4O2. The van der Waals surface area contributed by atoms with Gasteiger partial charge in [-0.05, 0) is 44.6 Å². The standard InChI is InChI=1S/C20H30N4O2.HI/c1-20(2,3)26-19(25)24-11-9-23(10-12-24)18(21)22-14-16-13-17(16)15-7-5-4-6-8-15;/h4-8,16-17H,9-14H2,1-3H3,(H2,21,22);1H. The Morgan fingerprint density at radius 3 is 2.33 bits per heavy atom. The fourth-order valence-electron chi connectivity index (χ4n) is 3.31. The molecule has 3 rings (SSSR count). The Balaban J connectivity index is 0.00000261. The lowest BCUT2D eigenvalue weighted by atomic mass is 10.1. The van der Waals surface area contributed by atoms with Crippen molar-refractivity contribution in [2.24, 2.45) is 16.6 Å². The van der Waals surface area contributed by atoms with Crippen LogP contribution >= 0.6 is 24.0 Å². The van der Waals surface area contributed by atoms with Crippen LogP contribution in [0.1, 0.15) is 38.7 Å². The number of amides is 1. The van der Waals surface area contributed by atoms with Gasteiger partial charge in [0.25, 0.3) is 0 Å². The maximum atomic E-state index is 12.1. The van der Waals surface area contributed by atoms with Gasteiger partial charge >= 0.3 is 6.09 Å². The SMILES string of the molecule is CC(C)(C)OC(=O)N1CCN(C(N)=NCC2CC2c2ccccc2)CC1.I. The van der Waals surface area contributed by atoms with E-state index in [0.29, 0.717) is 44.0 Å². The summed E-state index contributed by atoms with van der Waals surface area (Å²) in [5, 5.41) is 0. The summed E-state index contributed by atoms with van der Waals surface area (Å²) in [6, 6.07) is 10.6. The second-order valence-electron chi connectivity index (χ2n) is 8.17. The minimum absolute atomic E-state index is 0. The molecule has 0 bridgehead atoms. The van der Waals surface area contributed by atoms with Crippen LogP contribution in [0.2, 0.25) is 0 Å². The molecule has 2 N–H and O–H groups in total. The molecule has 0 radical (unpaired) electrons. The molecule has 1 aromatic carbocycles. The topological polar surface area (TPSA) is 71.2 Å². The molecule has 0 aromatic heterocycles. The lowest BCUT2D eigenvalue weighted by Gasteiger charge is -2.36. The van der Waals surface area contributed by atoms with Crippen molar-refractivity contribution in [3.8, 4) is 0 Å². The van der Waals surface area contributed by atoms with Gasteiger partial charge in [0.05, 0.1) is 0 Å². The van der Waals surface area contributed by atoms with Crippen LogP contribution in [0.4, 0.5) is 4.79 Å². The molecular weight excluding hydrogens is 455 g/mol. The van der Waals surface area contributed by atoms with Gasteiger partial charge in [0.15, 0.2) is 5.96 Å². The van der Waals surface area contributed by atoms with Gasteiger partial charge in [-0.3, -0.25) is 4.99 Å². The van der Waals surface area contributed by atoms with E-state index in [1.54, 1.807) is 4.90 Å². The van der Waals surface area contributed by atoms with Gasteiger partial charge < -0.3 is 20.3 Å². The van der Waals surface area contributed by atoms with E-state index in [0.717, 1.165) is 6.54 Å². The van der Waals surface area contributed by atoms with Gasteiger partial charge in [-0.15, -0.1) is 24.0 Å². The number of halogens is 1. The van der Waals surface area contributed by atoms with Crippen LogP contribution in [0.25, 0.3) is 0 Å². The van der Waals surface area contributed by atoms with Crippen molar-refractivity contribution in [1.29, 1.82) is 0 Å². The third-order valence-corrected chi connectivity index (χ3v) is 4.89. The van der Waals surface area contributed by atoms with Crippen molar-refractivity contribution >= 4 is 36.0 Å². The summed E-state index contributed by atoms with van der Waals surface area (Å²) in [5.41, 5.74) is 7.11. The third kappa shape index (κ3) is 6.26. The average Bonchev–Trinajstić information content (AvgIpc) is 3.39. The lowest BCUT2D eigenvalue weighted by Crippen LogP contribution is -2.53. The largest absolute Gasteiger partial charge is 0.444 e. The maximum absolute atomic E-state index is 12.1. The summed E-state index contributed by atoms with van der Waals surface area (Å²) < 4.78 is 5.42. The number of benzene rings is 1. The van der Waals surface area contributed by atoms with Crippen LogP contribution in [-0.2, 0) is 4.74 Å². The summed E-state index contributed by atoms with van der Waals surface area (Å²) in [4.78, 5) is 20.5. The van der Waals surface area contributed by atoms with Crippen LogP contribution in [0.15, 0.2) is 35.3 Å². The fourth-order valence-corrected chi connectivity index (χ4v) is 3.31. The number of nitrogens with two attached hydrogens (primary N) is 1. The zero-order chi connectivity index (χ0) is 18.7. The first-order chi connectivity index (χ1) is 12.3. The van der Waals surface area contributed by atoms with Gasteiger partial charge in [-0.2, -0.15) is 0 Å². The highest BCUT2D eigenvalue weighted by Crippen LogP contribution is 2.47. The summed E-state index contributed by atoms with van der Waals surface area (Å²) in [7, 11) is 0. The summed E-state index contributed by atoms with van der Waals surface area (Å²) in [5.74, 6) is 1.81. The maximum Gasteiger partial charge on any atom is 0.410 e. The first kappa shape index (κ1) is 21.8. The Hall–Kier alpha value is -1.51. The number of guanidine groups is 1. The van der Waals surface area contributed by atoms with E-state index < -0.39 is 5.60 Å². The van der Waals surface area contributed by atoms with Crippen molar-refractivity contribution in [2.45, 2.75) is 38.7 Å². The third-order valence-electron chi connectivity index (χ3n) is 4.89. The van der Waals surface area contributed by atoms with Gasteiger partial charge in [0.2, 0.25) is 0 Å². The highest BCUT2D eigenvalue weighted by atomic mass is 127. The molecule has 1 aliphatic carbocycles. The molecule has 2 atom stereocenters. The quantitative estimate of drug-likeness (QED) is 0.405. The molecule has 1 aromatic rings. The van der Waals surface area contributed by atoms with Crippen molar-refractivity contribution in [3.05, 3.63) is 35.9 Å². The lowest BCUT2D eigenvalue weighted by molar-refractivity contribution is 0.0186. The Labute approximate surface area is 179 Å². The number of carbonyl (C=O) groups excluding carboxylic acids is 1. The Bertz CT molecular complexity index is 652. The van der Waals surface area contributed by atoms with Crippen LogP contribution < -0.4 is 5.73 Å². The van der Waals surface area contributed by atoms with Crippen molar-refractivity contribution in [1.82, 2.24) is 9.80 Å². The number of carbonyl (C=O) groups is 1. The number of nitrogens with zero attached hydrogens (tertiary/aromatic N) is 3. The molecule has 2 unspecified atom stereocenters. The predicted molar refractivity (Wildman–Crippen MR) is 119 cm³/mol. The second kappa shape index (κ2) is 9.12. The normalized spacial score (nSPS) is 22.9. The zero-order valence-corrected chi connectivity index (χ0v) is 18.8. The first-order valence-electron chi connectivity index (χ1n) is 9.41. The number of piperazine rings is 1. The highest BCUT2D eigenvalue weighted by molar-refractivity contribution is 14.0. The highest BCUT2D eigenvalue weighted by Gasteiger charge is 2.38. The molecule has 27 heavy (non-hydrogen) atoms. The number of ether oxygens (including phenoxy) is 1. The molecule has 1 heterocycles. The van der Waals surface area contributed by atoms with E-state index in [2.05, 4.69) is 34.2 Å². The Morgan fingerprint density at radius 2 is 1.74 bits per heavy atom. The van der Waals surface area contributed by atoms with Gasteiger partial charge in [-0.1, -0.05) is 30.3 Å². The number of hydrogen-bond donors (Lipinski definition) is 1. The number of aliphatic imine (C=N–C) groups is 1. The predicted octanol–water partition coefficient (Wildman–Crippen LogP) is 3.28. The van der Waals surface area contributed by atoms with E-state index in [-0.39, 0.29) is 30.1 Å². The number of hydrogen-bond acceptors (Lipinski definition) is 3. The van der Waals surface area contributed by atoms with Crippen molar-refractivity contribution < 1.29 is 9.53 Å². The molecule has 150 valence electrons. The van der Waals surface area contributed by atoms with Gasteiger partial charge in [0, 0.05) is 32.7 Å². The van der Waals surface area contributed by atoms with Crippen LogP contribution in [-0.4, -0.2) is 60.2 Å². The van der Waals surface area contributed by atoms with Gasteiger partial charge in [-0.25, -0.2) is 4.79 Å². The van der Waals surface area contributed by atoms with Crippen LogP contribution in [0.5, 0.6) is 0 Å². The Morgan fingerprint density at radius 1 is 1.15 bits per heavy atom. The minimum Gasteiger partial charge on any atom is -0.444 e. The van der Waals surface area contributed by atoms with Gasteiger partial charge in [0.1, 0.15) is 5.60 Å². The second-order valence-corrected chi connectivity index (χ2v) is 8.17. The minimum atomic E-state index is -0.464. The summed E-state index contributed by atoms with van der Waals surface area (Å²) in [6.45, 7) is 9.04. The number of rotatable bonds is 3. The monoisotopic (exact) mass is 486 g/mol. The molecule has 1 amide bonds. The fraction of sp³-hybridized carbons (Fsp3) is 0.600. The summed E-state index contributed by atoms with van der Waals surface area (Å²) in [6.07, 6.45) is 0.934. The molecule has 7 heteroatoms. The average molecular weight is 486 g/mol. The first-order valence-corrected chi connectivity index (χ1v) is 9.41. The smallest absolute Gasteiger partial charge is 0.410 e. The molecule has 1 aliphatic heterocycles. The zero-order valence-electron chi connectivity index (χ0n) is 16.4. The molecule has 1 saturated heterocycles. The Kier molecular flexibility index (Phi) is 7.36. The van der Waals surface area contributed by atoms with Crippen molar-refractivity contribution in [3.63, 3.8) is 0 Å².